The summed E-state index contributed by atoms with van der Waals surface area (Å²) in [4.78, 5) is 16.0. The first-order chi connectivity index (χ1) is 11.8. The molecule has 0 bridgehead atoms. The molecule has 3 nitrogen and oxygen atoms in total. The number of nitrogens with one attached hydrogen (secondary N) is 1. The number of aromatic nitrogens is 1. The summed E-state index contributed by atoms with van der Waals surface area (Å²) in [6.07, 6.45) is -2.05. The van der Waals surface area contributed by atoms with Crippen LogP contribution in [0.4, 0.5) is 22.7 Å². The van der Waals surface area contributed by atoms with Crippen LogP contribution in [0, 0.1) is 5.82 Å². The minimum absolute atomic E-state index is 0.247. The van der Waals surface area contributed by atoms with Crippen LogP contribution < -0.4 is 5.32 Å². The molecule has 0 aliphatic carbocycles. The van der Waals surface area contributed by atoms with E-state index >= 15 is 0 Å². The molecule has 0 aliphatic rings. The second kappa shape index (κ2) is 6.64. The lowest BCUT2D eigenvalue weighted by molar-refractivity contribution is -0.137. The van der Waals surface area contributed by atoms with Gasteiger partial charge in [0.2, 0.25) is 5.91 Å². The fraction of sp³-hybridized carbons (Fsp3) is 0.0588. The molecular formula is C17H10F4N2OS. The van der Waals surface area contributed by atoms with Crippen molar-refractivity contribution in [3.8, 4) is 0 Å². The van der Waals surface area contributed by atoms with E-state index in [1.165, 1.54) is 36.4 Å². The van der Waals surface area contributed by atoms with Crippen LogP contribution in [0.1, 0.15) is 11.1 Å². The van der Waals surface area contributed by atoms with E-state index in [-0.39, 0.29) is 10.7 Å². The molecule has 0 atom stereocenters. The number of nitrogens with zero attached hydrogens (tertiary/aromatic N) is 1. The van der Waals surface area contributed by atoms with Gasteiger partial charge in [0, 0.05) is 6.08 Å². The van der Waals surface area contributed by atoms with E-state index in [0.29, 0.717) is 10.2 Å². The molecule has 0 saturated carbocycles. The number of benzene rings is 2. The molecule has 128 valence electrons. The molecule has 1 N–H and O–H groups in total. The van der Waals surface area contributed by atoms with Gasteiger partial charge in [0.05, 0.1) is 15.8 Å². The monoisotopic (exact) mass is 366 g/mol. The Morgan fingerprint density at radius 2 is 1.96 bits per heavy atom. The third-order valence-corrected chi connectivity index (χ3v) is 4.16. The zero-order valence-corrected chi connectivity index (χ0v) is 13.3. The minimum atomic E-state index is -4.44. The van der Waals surface area contributed by atoms with Gasteiger partial charge in [0.1, 0.15) is 5.82 Å². The minimum Gasteiger partial charge on any atom is -0.298 e. The smallest absolute Gasteiger partial charge is 0.298 e. The Labute approximate surface area is 143 Å². The molecule has 1 amide bonds. The maximum atomic E-state index is 13.1. The van der Waals surface area contributed by atoms with Crippen LogP contribution in [0.2, 0.25) is 0 Å². The molecule has 2 aromatic carbocycles. The summed E-state index contributed by atoms with van der Waals surface area (Å²) in [5, 5.41) is 2.78. The zero-order valence-electron chi connectivity index (χ0n) is 12.5. The number of thiazole rings is 1. The van der Waals surface area contributed by atoms with Gasteiger partial charge in [-0.1, -0.05) is 23.5 Å². The first-order valence-electron chi connectivity index (χ1n) is 7.04. The van der Waals surface area contributed by atoms with Gasteiger partial charge >= 0.3 is 6.18 Å². The van der Waals surface area contributed by atoms with Gasteiger partial charge in [0.15, 0.2) is 5.13 Å². The second-order valence-corrected chi connectivity index (χ2v) is 6.11. The Morgan fingerprint density at radius 1 is 1.16 bits per heavy atom. The number of hydrogen-bond acceptors (Lipinski definition) is 3. The number of amides is 1. The van der Waals surface area contributed by atoms with Crippen LogP contribution in [0.25, 0.3) is 16.3 Å². The molecule has 3 rings (SSSR count). The lowest BCUT2D eigenvalue weighted by Crippen LogP contribution is -2.07. The van der Waals surface area contributed by atoms with Gasteiger partial charge in [-0.15, -0.1) is 0 Å². The van der Waals surface area contributed by atoms with Crippen LogP contribution in [0.5, 0.6) is 0 Å². The van der Waals surface area contributed by atoms with Crippen molar-refractivity contribution in [2.75, 3.05) is 5.32 Å². The summed E-state index contributed by atoms with van der Waals surface area (Å²) in [6, 6.07) is 8.70. The fourth-order valence-electron chi connectivity index (χ4n) is 2.09. The highest BCUT2D eigenvalue weighted by Gasteiger charge is 2.30. The predicted octanol–water partition coefficient (Wildman–Crippen LogP) is 5.11. The molecule has 0 spiro atoms. The largest absolute Gasteiger partial charge is 0.416 e. The summed E-state index contributed by atoms with van der Waals surface area (Å²) >= 11 is 1.10. The first-order valence-corrected chi connectivity index (χ1v) is 7.85. The molecule has 0 radical (unpaired) electrons. The van der Waals surface area contributed by atoms with Crippen molar-refractivity contribution in [2.45, 2.75) is 6.18 Å². The van der Waals surface area contributed by atoms with E-state index in [0.717, 1.165) is 29.5 Å². The van der Waals surface area contributed by atoms with Crippen molar-refractivity contribution >= 4 is 38.7 Å². The summed E-state index contributed by atoms with van der Waals surface area (Å²) in [7, 11) is 0. The average Bonchev–Trinajstić information content (AvgIpc) is 2.93. The molecule has 3 aromatic rings. The van der Waals surface area contributed by atoms with Gasteiger partial charge in [-0.05, 0) is 42.0 Å². The summed E-state index contributed by atoms with van der Waals surface area (Å²) < 4.78 is 51.7. The number of hydrogen-bond donors (Lipinski definition) is 1. The molecule has 1 aromatic heterocycles. The molecule has 8 heteroatoms. The van der Waals surface area contributed by atoms with Crippen molar-refractivity contribution in [1.82, 2.24) is 4.98 Å². The number of carbonyl (C=O) groups excluding carboxylic acids is 1. The Hall–Kier alpha value is -2.74. The van der Waals surface area contributed by atoms with Crippen molar-refractivity contribution in [3.05, 3.63) is 65.5 Å². The molecule has 0 aliphatic heterocycles. The molecular weight excluding hydrogens is 356 g/mol. The number of carbonyl (C=O) groups is 1. The van der Waals surface area contributed by atoms with Crippen molar-refractivity contribution < 1.29 is 22.4 Å². The zero-order chi connectivity index (χ0) is 18.0. The maximum absolute atomic E-state index is 13.1. The lowest BCUT2D eigenvalue weighted by atomic mass is 10.1. The van der Waals surface area contributed by atoms with Gasteiger partial charge in [0.25, 0.3) is 0 Å². The highest BCUT2D eigenvalue weighted by molar-refractivity contribution is 7.22. The quantitative estimate of drug-likeness (QED) is 0.517. The van der Waals surface area contributed by atoms with Crippen molar-refractivity contribution in [3.63, 3.8) is 0 Å². The highest BCUT2D eigenvalue weighted by Crippen LogP contribution is 2.30. The summed E-state index contributed by atoms with van der Waals surface area (Å²) in [5.41, 5.74) is 0.00293. The van der Waals surface area contributed by atoms with Gasteiger partial charge < -0.3 is 0 Å². The summed E-state index contributed by atoms with van der Waals surface area (Å²) in [6.45, 7) is 0. The highest BCUT2D eigenvalue weighted by atomic mass is 32.1. The Balaban J connectivity index is 1.72. The number of rotatable bonds is 3. The van der Waals surface area contributed by atoms with E-state index in [2.05, 4.69) is 10.3 Å². The topological polar surface area (TPSA) is 42.0 Å². The number of alkyl halides is 3. The number of fused-ring (bicyclic) bond motifs is 1. The van der Waals surface area contributed by atoms with E-state index < -0.39 is 23.5 Å². The van der Waals surface area contributed by atoms with Gasteiger partial charge in [-0.2, -0.15) is 13.2 Å². The van der Waals surface area contributed by atoms with Gasteiger partial charge in [-0.3, -0.25) is 10.1 Å². The molecule has 1 heterocycles. The van der Waals surface area contributed by atoms with Crippen LogP contribution in [-0.4, -0.2) is 10.9 Å². The first kappa shape index (κ1) is 17.1. The van der Waals surface area contributed by atoms with E-state index in [1.807, 2.05) is 0 Å². The average molecular weight is 366 g/mol. The summed E-state index contributed by atoms with van der Waals surface area (Å²) in [5.74, 6) is -0.949. The standard InChI is InChI=1S/C17H10F4N2OS/c18-12-5-6-13-14(9-12)25-16(22-13)23-15(24)7-4-10-2-1-3-11(8-10)17(19,20)21/h1-9H,(H,22,23,24). The van der Waals surface area contributed by atoms with E-state index in [9.17, 15) is 22.4 Å². The molecule has 0 unspecified atom stereocenters. The van der Waals surface area contributed by atoms with E-state index in [4.69, 9.17) is 0 Å². The number of halogens is 4. The maximum Gasteiger partial charge on any atom is 0.416 e. The normalized spacial score (nSPS) is 12.0. The Morgan fingerprint density at radius 3 is 2.72 bits per heavy atom. The molecule has 0 saturated heterocycles. The Kier molecular flexibility index (Phi) is 4.54. The third-order valence-electron chi connectivity index (χ3n) is 3.22. The van der Waals surface area contributed by atoms with Crippen LogP contribution in [0.3, 0.4) is 0 Å². The Bertz CT molecular complexity index is 963. The SMILES string of the molecule is O=C(C=Cc1cccc(C(F)(F)F)c1)Nc1nc2ccc(F)cc2s1. The van der Waals surface area contributed by atoms with Crippen LogP contribution in [0.15, 0.2) is 48.5 Å². The molecule has 0 fully saturated rings. The number of anilines is 1. The third kappa shape index (κ3) is 4.21. The van der Waals surface area contributed by atoms with Crippen molar-refractivity contribution in [1.29, 1.82) is 0 Å². The van der Waals surface area contributed by atoms with Crippen LogP contribution in [-0.2, 0) is 11.0 Å². The predicted molar refractivity (Wildman–Crippen MR) is 88.7 cm³/mol. The van der Waals surface area contributed by atoms with Crippen molar-refractivity contribution in [2.24, 2.45) is 0 Å². The van der Waals surface area contributed by atoms with E-state index in [1.54, 1.807) is 0 Å². The lowest BCUT2D eigenvalue weighted by Gasteiger charge is -2.06. The molecule has 25 heavy (non-hydrogen) atoms. The van der Waals surface area contributed by atoms with Crippen LogP contribution >= 0.6 is 11.3 Å². The fourth-order valence-corrected chi connectivity index (χ4v) is 2.98. The second-order valence-electron chi connectivity index (χ2n) is 5.08. The van der Waals surface area contributed by atoms with Gasteiger partial charge in [-0.25, -0.2) is 9.37 Å².